The summed E-state index contributed by atoms with van der Waals surface area (Å²) in [6.07, 6.45) is 2.46. The minimum atomic E-state index is -0.764. The van der Waals surface area contributed by atoms with Crippen molar-refractivity contribution in [2.24, 2.45) is 11.8 Å². The molecule has 1 aromatic heterocycles. The van der Waals surface area contributed by atoms with Crippen LogP contribution in [0.2, 0.25) is 0 Å². The molecule has 2 N–H and O–H groups in total. The molecule has 6 nitrogen and oxygen atoms in total. The molecule has 2 unspecified atom stereocenters. The van der Waals surface area contributed by atoms with Crippen LogP contribution in [-0.4, -0.2) is 33.7 Å². The number of nitrogens with one attached hydrogen (secondary N) is 1. The molecular weight excluding hydrogens is 258 g/mol. The zero-order valence-corrected chi connectivity index (χ0v) is 11.7. The van der Waals surface area contributed by atoms with Crippen LogP contribution in [0.25, 0.3) is 0 Å². The number of aliphatic carboxylic acids is 1. The lowest BCUT2D eigenvalue weighted by atomic mass is 9.96. The Hall–Kier alpha value is -1.98. The summed E-state index contributed by atoms with van der Waals surface area (Å²) in [6, 6.07) is 1.70. The van der Waals surface area contributed by atoms with Gasteiger partial charge in [0.2, 0.25) is 0 Å². The number of hydrogen-bond donors (Lipinski definition) is 2. The van der Waals surface area contributed by atoms with Gasteiger partial charge in [-0.3, -0.25) is 9.59 Å². The number of nitrogens with zero attached hydrogens (tertiary/aromatic N) is 2. The van der Waals surface area contributed by atoms with E-state index in [1.54, 1.807) is 19.9 Å². The van der Waals surface area contributed by atoms with Crippen molar-refractivity contribution >= 4 is 11.9 Å². The van der Waals surface area contributed by atoms with E-state index in [1.165, 1.54) is 0 Å². The van der Waals surface area contributed by atoms with Gasteiger partial charge in [0, 0.05) is 6.54 Å². The molecule has 0 saturated heterocycles. The van der Waals surface area contributed by atoms with Crippen LogP contribution in [0.1, 0.15) is 41.0 Å². The third kappa shape index (κ3) is 3.12. The van der Waals surface area contributed by atoms with Gasteiger partial charge < -0.3 is 10.4 Å². The molecule has 1 aliphatic rings. The van der Waals surface area contributed by atoms with Crippen LogP contribution < -0.4 is 5.32 Å². The SMILES string of the molecule is Cc1cc(C(=O)NCC2CCCC2C(=O)O)c(C)nn1. The standard InChI is InChI=1S/C14H19N3O3/c1-8-6-12(9(2)17-16-8)13(18)15-7-10-4-3-5-11(10)14(19)20/h6,10-11H,3-5,7H2,1-2H3,(H,15,18)(H,19,20). The van der Waals surface area contributed by atoms with E-state index in [2.05, 4.69) is 15.5 Å². The van der Waals surface area contributed by atoms with E-state index >= 15 is 0 Å². The lowest BCUT2D eigenvalue weighted by molar-refractivity contribution is -0.142. The number of rotatable bonds is 4. The monoisotopic (exact) mass is 277 g/mol. The van der Waals surface area contributed by atoms with Crippen molar-refractivity contribution in [1.82, 2.24) is 15.5 Å². The summed E-state index contributed by atoms with van der Waals surface area (Å²) in [6.45, 7) is 3.91. The molecule has 6 heteroatoms. The van der Waals surface area contributed by atoms with Crippen LogP contribution in [0.15, 0.2) is 6.07 Å². The summed E-state index contributed by atoms with van der Waals surface area (Å²) < 4.78 is 0. The Bertz CT molecular complexity index is 530. The second-order valence-electron chi connectivity index (χ2n) is 5.33. The molecule has 2 rings (SSSR count). The summed E-state index contributed by atoms with van der Waals surface area (Å²) >= 11 is 0. The summed E-state index contributed by atoms with van der Waals surface area (Å²) in [5.41, 5.74) is 1.77. The van der Waals surface area contributed by atoms with E-state index in [9.17, 15) is 9.59 Å². The first-order valence-electron chi connectivity index (χ1n) is 6.81. The summed E-state index contributed by atoms with van der Waals surface area (Å²) in [4.78, 5) is 23.2. The maximum absolute atomic E-state index is 12.1. The second kappa shape index (κ2) is 5.98. The van der Waals surface area contributed by atoms with Crippen molar-refractivity contribution in [3.63, 3.8) is 0 Å². The van der Waals surface area contributed by atoms with Crippen molar-refractivity contribution in [2.75, 3.05) is 6.54 Å². The van der Waals surface area contributed by atoms with Crippen molar-refractivity contribution in [3.8, 4) is 0 Å². The molecule has 0 aromatic carbocycles. The molecule has 0 aliphatic heterocycles. The molecule has 1 aliphatic carbocycles. The van der Waals surface area contributed by atoms with E-state index in [0.29, 0.717) is 29.9 Å². The summed E-state index contributed by atoms with van der Waals surface area (Å²) in [7, 11) is 0. The highest BCUT2D eigenvalue weighted by molar-refractivity contribution is 5.95. The third-order valence-electron chi connectivity index (χ3n) is 3.85. The minimum absolute atomic E-state index is 0.0210. The maximum atomic E-state index is 12.1. The number of carbonyl (C=O) groups is 2. The van der Waals surface area contributed by atoms with Gasteiger partial charge in [0.05, 0.1) is 22.9 Å². The number of aryl methyl sites for hydroxylation is 2. The fourth-order valence-corrected chi connectivity index (χ4v) is 2.71. The van der Waals surface area contributed by atoms with Crippen LogP contribution in [0, 0.1) is 25.7 Å². The first-order chi connectivity index (χ1) is 9.49. The Morgan fingerprint density at radius 1 is 1.35 bits per heavy atom. The van der Waals surface area contributed by atoms with Gasteiger partial charge in [-0.1, -0.05) is 6.42 Å². The van der Waals surface area contributed by atoms with Crippen molar-refractivity contribution in [1.29, 1.82) is 0 Å². The molecule has 1 aromatic rings. The van der Waals surface area contributed by atoms with Gasteiger partial charge >= 0.3 is 5.97 Å². The normalized spacial score (nSPS) is 21.7. The predicted octanol–water partition coefficient (Wildman–Crippen LogP) is 1.32. The van der Waals surface area contributed by atoms with Gasteiger partial charge in [-0.05, 0) is 38.7 Å². The molecule has 108 valence electrons. The Morgan fingerprint density at radius 2 is 2.10 bits per heavy atom. The van der Waals surface area contributed by atoms with Crippen LogP contribution in [0.5, 0.6) is 0 Å². The average molecular weight is 277 g/mol. The van der Waals surface area contributed by atoms with Gasteiger partial charge in [-0.15, -0.1) is 0 Å². The van der Waals surface area contributed by atoms with Crippen LogP contribution in [0.4, 0.5) is 0 Å². The van der Waals surface area contributed by atoms with Crippen LogP contribution in [-0.2, 0) is 4.79 Å². The highest BCUT2D eigenvalue weighted by Crippen LogP contribution is 2.31. The van der Waals surface area contributed by atoms with Gasteiger partial charge in [-0.25, -0.2) is 0 Å². The van der Waals surface area contributed by atoms with E-state index < -0.39 is 5.97 Å². The number of hydrogen-bond acceptors (Lipinski definition) is 4. The molecule has 1 amide bonds. The topological polar surface area (TPSA) is 92.2 Å². The molecule has 2 atom stereocenters. The zero-order chi connectivity index (χ0) is 14.7. The second-order valence-corrected chi connectivity index (χ2v) is 5.33. The van der Waals surface area contributed by atoms with E-state index in [1.807, 2.05) is 0 Å². The molecule has 1 saturated carbocycles. The number of carboxylic acid groups (broad SMARTS) is 1. The van der Waals surface area contributed by atoms with Gasteiger partial charge in [0.25, 0.3) is 5.91 Å². The van der Waals surface area contributed by atoms with Crippen LogP contribution in [0.3, 0.4) is 0 Å². The first-order valence-corrected chi connectivity index (χ1v) is 6.81. The molecule has 0 radical (unpaired) electrons. The molecule has 20 heavy (non-hydrogen) atoms. The summed E-state index contributed by atoms with van der Waals surface area (Å²) in [5.74, 6) is -1.29. The number of aromatic nitrogens is 2. The number of amides is 1. The molecule has 1 heterocycles. The third-order valence-corrected chi connectivity index (χ3v) is 3.85. The van der Waals surface area contributed by atoms with E-state index in [4.69, 9.17) is 5.11 Å². The Kier molecular flexibility index (Phi) is 4.32. The van der Waals surface area contributed by atoms with Gasteiger partial charge in [0.1, 0.15) is 0 Å². The number of carbonyl (C=O) groups excluding carboxylic acids is 1. The quantitative estimate of drug-likeness (QED) is 0.866. The predicted molar refractivity (Wildman–Crippen MR) is 72.3 cm³/mol. The summed E-state index contributed by atoms with van der Waals surface area (Å²) in [5, 5.41) is 19.7. The average Bonchev–Trinajstić information content (AvgIpc) is 2.87. The molecular formula is C14H19N3O3. The Labute approximate surface area is 117 Å². The highest BCUT2D eigenvalue weighted by atomic mass is 16.4. The molecule has 0 bridgehead atoms. The molecule has 0 spiro atoms. The fraction of sp³-hybridized carbons (Fsp3) is 0.571. The maximum Gasteiger partial charge on any atom is 0.306 e. The lowest BCUT2D eigenvalue weighted by Gasteiger charge is -2.16. The Balaban J connectivity index is 1.98. The zero-order valence-electron chi connectivity index (χ0n) is 11.7. The van der Waals surface area contributed by atoms with Crippen molar-refractivity contribution < 1.29 is 14.7 Å². The number of carboxylic acids is 1. The van der Waals surface area contributed by atoms with Gasteiger partial charge in [0.15, 0.2) is 0 Å². The Morgan fingerprint density at radius 3 is 2.80 bits per heavy atom. The lowest BCUT2D eigenvalue weighted by Crippen LogP contribution is -2.33. The fourth-order valence-electron chi connectivity index (χ4n) is 2.71. The largest absolute Gasteiger partial charge is 0.481 e. The minimum Gasteiger partial charge on any atom is -0.481 e. The van der Waals surface area contributed by atoms with E-state index in [0.717, 1.165) is 12.8 Å². The van der Waals surface area contributed by atoms with Crippen molar-refractivity contribution in [3.05, 3.63) is 23.0 Å². The van der Waals surface area contributed by atoms with E-state index in [-0.39, 0.29) is 17.7 Å². The molecule has 1 fully saturated rings. The van der Waals surface area contributed by atoms with Gasteiger partial charge in [-0.2, -0.15) is 10.2 Å². The van der Waals surface area contributed by atoms with Crippen LogP contribution >= 0.6 is 0 Å². The van der Waals surface area contributed by atoms with Crippen molar-refractivity contribution in [2.45, 2.75) is 33.1 Å². The smallest absolute Gasteiger partial charge is 0.306 e. The first kappa shape index (κ1) is 14.4. The highest BCUT2D eigenvalue weighted by Gasteiger charge is 2.32.